The van der Waals surface area contributed by atoms with Gasteiger partial charge in [-0.05, 0) is 86.8 Å². The number of nitrogens with one attached hydrogen (secondary N) is 2. The molecule has 4 aromatic carbocycles. The topological polar surface area (TPSA) is 155 Å². The van der Waals surface area contributed by atoms with Crippen molar-refractivity contribution in [1.29, 1.82) is 0 Å². The SMILES string of the molecule is CC[NH+](CC)CC.COc1ccc(C(OC[C@H]2O[C@@H](n3cc(C)c(=O)[nH]c3=O)C[C@@H]2OP(=O)([O-])Oc2ccc(Cl)cc2Cl)(c2ccccc2)c2ccc(OC)cc2)cc1. The number of rotatable bonds is 16. The largest absolute Gasteiger partial charge is 0.746 e. The molecule has 2 N–H and O–H groups in total. The van der Waals surface area contributed by atoms with E-state index in [1.807, 2.05) is 78.9 Å². The van der Waals surface area contributed by atoms with Gasteiger partial charge in [-0.3, -0.25) is 18.9 Å². The summed E-state index contributed by atoms with van der Waals surface area (Å²) < 4.78 is 49.6. The maximum absolute atomic E-state index is 13.4. The summed E-state index contributed by atoms with van der Waals surface area (Å²) in [7, 11) is -1.99. The van der Waals surface area contributed by atoms with Crippen LogP contribution in [0.5, 0.6) is 17.2 Å². The third kappa shape index (κ3) is 11.2. The highest BCUT2D eigenvalue weighted by Gasteiger charge is 2.44. The molecule has 13 nitrogen and oxygen atoms in total. The summed E-state index contributed by atoms with van der Waals surface area (Å²) in [5.74, 6) is 1.07. The van der Waals surface area contributed by atoms with E-state index in [0.717, 1.165) is 16.7 Å². The van der Waals surface area contributed by atoms with E-state index in [2.05, 4.69) is 25.8 Å². The van der Waals surface area contributed by atoms with Crippen LogP contribution in [0.2, 0.25) is 10.0 Å². The van der Waals surface area contributed by atoms with Gasteiger partial charge in [-0.1, -0.05) is 77.8 Å². The van der Waals surface area contributed by atoms with E-state index in [1.54, 1.807) is 19.1 Å². The Hall–Kier alpha value is -4.43. The molecule has 0 amide bonds. The van der Waals surface area contributed by atoms with Crippen molar-refractivity contribution in [1.82, 2.24) is 9.55 Å². The summed E-state index contributed by atoms with van der Waals surface area (Å²) in [5.41, 5.74) is -0.149. The van der Waals surface area contributed by atoms with Gasteiger partial charge < -0.3 is 37.8 Å². The lowest BCUT2D eigenvalue weighted by Crippen LogP contribution is -3.11. The van der Waals surface area contributed by atoms with E-state index in [-0.39, 0.29) is 34.4 Å². The van der Waals surface area contributed by atoms with Crippen LogP contribution < -0.4 is 35.0 Å². The molecule has 1 fully saturated rings. The first-order valence-corrected chi connectivity index (χ1v) is 21.4. The van der Waals surface area contributed by atoms with Gasteiger partial charge in [0.05, 0.1) is 51.6 Å². The first-order valence-electron chi connectivity index (χ1n) is 19.2. The number of benzene rings is 4. The molecule has 4 atom stereocenters. The second kappa shape index (κ2) is 20.7. The molecule has 1 saturated heterocycles. The lowest BCUT2D eigenvalue weighted by Gasteiger charge is -2.37. The molecule has 59 heavy (non-hydrogen) atoms. The smallest absolute Gasteiger partial charge is 0.330 e. The van der Waals surface area contributed by atoms with Crippen LogP contribution in [0.3, 0.4) is 0 Å². The number of phosphoric ester groups is 1. The Morgan fingerprint density at radius 2 is 1.42 bits per heavy atom. The highest BCUT2D eigenvalue weighted by Crippen LogP contribution is 2.48. The zero-order valence-corrected chi connectivity index (χ0v) is 36.2. The number of methoxy groups -OCH3 is 2. The van der Waals surface area contributed by atoms with Crippen molar-refractivity contribution < 1.29 is 42.4 Å². The Labute approximate surface area is 353 Å². The minimum Gasteiger partial charge on any atom is -0.746 e. The fourth-order valence-electron chi connectivity index (χ4n) is 6.82. The number of aromatic nitrogens is 2. The van der Waals surface area contributed by atoms with Gasteiger partial charge in [-0.15, -0.1) is 0 Å². The van der Waals surface area contributed by atoms with Crippen molar-refractivity contribution in [2.24, 2.45) is 0 Å². The molecule has 5 aromatic rings. The molecule has 0 spiro atoms. The molecule has 0 radical (unpaired) electrons. The summed E-state index contributed by atoms with van der Waals surface area (Å²) in [6.07, 6.45) is -2.15. The van der Waals surface area contributed by atoms with Crippen molar-refractivity contribution >= 4 is 31.0 Å². The van der Waals surface area contributed by atoms with Crippen molar-refractivity contribution in [3.8, 4) is 17.2 Å². The number of hydrogen-bond acceptors (Lipinski definition) is 10. The Bertz CT molecular complexity index is 2230. The summed E-state index contributed by atoms with van der Waals surface area (Å²) >= 11 is 12.2. The summed E-state index contributed by atoms with van der Waals surface area (Å²) in [5, 5.41) is 0.231. The highest BCUT2D eigenvalue weighted by molar-refractivity contribution is 7.46. The molecule has 1 unspecified atom stereocenters. The molecular formula is C43H50Cl2N3O10P. The highest BCUT2D eigenvalue weighted by atomic mass is 35.5. The Kier molecular flexibility index (Phi) is 16.0. The van der Waals surface area contributed by atoms with E-state index < -0.39 is 43.1 Å². The molecular weight excluding hydrogens is 820 g/mol. The predicted molar refractivity (Wildman–Crippen MR) is 225 cm³/mol. The van der Waals surface area contributed by atoms with Gasteiger partial charge in [-0.2, -0.15) is 0 Å². The first kappa shape index (κ1) is 45.7. The number of ether oxygens (including phenoxy) is 4. The number of aryl methyl sites for hydroxylation is 1. The molecule has 316 valence electrons. The van der Waals surface area contributed by atoms with Crippen molar-refractivity contribution in [3.05, 3.63) is 156 Å². The van der Waals surface area contributed by atoms with Gasteiger partial charge in [0.1, 0.15) is 35.2 Å². The molecule has 0 saturated carbocycles. The molecule has 2 heterocycles. The van der Waals surface area contributed by atoms with Crippen LogP contribution in [-0.4, -0.2) is 62.2 Å². The lowest BCUT2D eigenvalue weighted by molar-refractivity contribution is -0.894. The number of phosphoric acid groups is 1. The average molecular weight is 871 g/mol. The van der Waals surface area contributed by atoms with Crippen molar-refractivity contribution in [2.75, 3.05) is 40.5 Å². The predicted octanol–water partition coefficient (Wildman–Crippen LogP) is 6.33. The third-order valence-corrected chi connectivity index (χ3v) is 11.6. The molecule has 16 heteroatoms. The Morgan fingerprint density at radius 3 is 1.93 bits per heavy atom. The summed E-state index contributed by atoms with van der Waals surface area (Å²) in [6, 6.07) is 28.3. The average Bonchev–Trinajstić information content (AvgIpc) is 3.63. The summed E-state index contributed by atoms with van der Waals surface area (Å²) in [6.45, 7) is 11.8. The minimum absolute atomic E-state index is 0.0468. The van der Waals surface area contributed by atoms with Gasteiger partial charge in [0, 0.05) is 23.2 Å². The number of quaternary nitrogens is 1. The van der Waals surface area contributed by atoms with E-state index in [1.165, 1.54) is 55.5 Å². The van der Waals surface area contributed by atoms with Crippen LogP contribution in [0, 0.1) is 6.92 Å². The third-order valence-electron chi connectivity index (χ3n) is 10.1. The number of halogens is 2. The molecule has 1 aliphatic heterocycles. The normalized spacial score (nSPS) is 17.5. The number of aromatic amines is 1. The van der Waals surface area contributed by atoms with E-state index in [9.17, 15) is 19.0 Å². The molecule has 0 bridgehead atoms. The van der Waals surface area contributed by atoms with Crippen LogP contribution in [0.25, 0.3) is 0 Å². The Morgan fingerprint density at radius 1 is 0.864 bits per heavy atom. The van der Waals surface area contributed by atoms with Gasteiger partial charge in [-0.25, -0.2) is 4.79 Å². The maximum atomic E-state index is 13.4. The first-order chi connectivity index (χ1) is 28.3. The molecule has 1 aromatic heterocycles. The van der Waals surface area contributed by atoms with Crippen LogP contribution in [-0.2, 0) is 24.2 Å². The fraction of sp³-hybridized carbons (Fsp3) is 0.349. The van der Waals surface area contributed by atoms with E-state index in [0.29, 0.717) is 11.5 Å². The second-order valence-corrected chi connectivity index (χ2v) is 15.9. The fourth-order valence-corrected chi connectivity index (χ4v) is 8.32. The Balaban J connectivity index is 0.000000867. The molecule has 6 rings (SSSR count). The van der Waals surface area contributed by atoms with Gasteiger partial charge >= 0.3 is 13.5 Å². The van der Waals surface area contributed by atoms with E-state index >= 15 is 0 Å². The lowest BCUT2D eigenvalue weighted by atomic mass is 9.80. The van der Waals surface area contributed by atoms with Gasteiger partial charge in [0.2, 0.25) is 0 Å². The van der Waals surface area contributed by atoms with Crippen LogP contribution >= 0.6 is 31.0 Å². The summed E-state index contributed by atoms with van der Waals surface area (Å²) in [4.78, 5) is 42.4. The van der Waals surface area contributed by atoms with Crippen molar-refractivity contribution in [2.45, 2.75) is 58.2 Å². The standard InChI is InChI=1S/C37H35Cl2N2O10P.C6H15N/c1-23-21-41(36(43)40-35(23)42)34-20-32(51-52(44,45)50-31-18-13-27(38)19-30(31)39)33(49-34)22-48-37(24-7-5-4-6-8-24,25-9-14-28(46-2)15-10-25)26-11-16-29(47-3)17-12-26;1-4-7(5-2)6-3/h4-19,21,32-34H,20,22H2,1-3H3,(H,44,45)(H,40,42,43);4-6H2,1-3H3/t32-,33+,34+;/m0./s1. The molecule has 0 aliphatic carbocycles. The number of nitrogens with zero attached hydrogens (tertiary/aromatic N) is 1. The number of H-pyrrole nitrogens is 1. The zero-order chi connectivity index (χ0) is 42.7. The van der Waals surface area contributed by atoms with Crippen LogP contribution in [0.4, 0.5) is 0 Å². The number of hydrogen-bond donors (Lipinski definition) is 2. The van der Waals surface area contributed by atoms with Gasteiger partial charge in [0.25, 0.3) is 5.56 Å². The maximum Gasteiger partial charge on any atom is 0.330 e. The van der Waals surface area contributed by atoms with Gasteiger partial charge in [0.15, 0.2) is 0 Å². The second-order valence-electron chi connectivity index (χ2n) is 13.7. The molecule has 1 aliphatic rings. The van der Waals surface area contributed by atoms with Crippen LogP contribution in [0.1, 0.15) is 55.7 Å². The van der Waals surface area contributed by atoms with Crippen LogP contribution in [0.15, 0.2) is 113 Å². The monoisotopic (exact) mass is 869 g/mol. The van der Waals surface area contributed by atoms with E-state index in [4.69, 9.17) is 51.2 Å². The quantitative estimate of drug-likeness (QED) is 0.0850. The van der Waals surface area contributed by atoms with Crippen molar-refractivity contribution in [3.63, 3.8) is 0 Å². The minimum atomic E-state index is -5.13. The zero-order valence-electron chi connectivity index (χ0n) is 33.8.